The molecule has 0 radical (unpaired) electrons. The predicted molar refractivity (Wildman–Crippen MR) is 89.9 cm³/mol. The van der Waals surface area contributed by atoms with Crippen LogP contribution in [0.5, 0.6) is 5.75 Å². The van der Waals surface area contributed by atoms with Gasteiger partial charge >= 0.3 is 5.69 Å². The Kier molecular flexibility index (Phi) is 3.59. The molecule has 1 aromatic heterocycles. The van der Waals surface area contributed by atoms with Gasteiger partial charge in [-0.1, -0.05) is 0 Å². The molecule has 0 amide bonds. The Bertz CT molecular complexity index is 964. The minimum atomic E-state index is -1.06. The number of anilines is 1. The second-order valence-electron chi connectivity index (χ2n) is 6.83. The van der Waals surface area contributed by atoms with Crippen LogP contribution in [0.2, 0.25) is 0 Å². The molecule has 8 heteroatoms. The van der Waals surface area contributed by atoms with Gasteiger partial charge in [0.25, 0.3) is 5.56 Å². The summed E-state index contributed by atoms with van der Waals surface area (Å²) in [7, 11) is 1.37. The van der Waals surface area contributed by atoms with Crippen molar-refractivity contribution < 1.29 is 13.5 Å². The molecule has 1 N–H and O–H groups in total. The fourth-order valence-corrected chi connectivity index (χ4v) is 3.76. The van der Waals surface area contributed by atoms with E-state index in [2.05, 4.69) is 4.98 Å². The highest BCUT2D eigenvalue weighted by molar-refractivity contribution is 5.91. The maximum atomic E-state index is 14.9. The number of aromatic amines is 1. The maximum absolute atomic E-state index is 14.9. The maximum Gasteiger partial charge on any atom is 0.329 e. The molecule has 2 fully saturated rings. The van der Waals surface area contributed by atoms with Gasteiger partial charge in [-0.3, -0.25) is 14.3 Å². The molecule has 0 bridgehead atoms. The van der Waals surface area contributed by atoms with Gasteiger partial charge in [-0.05, 0) is 25.8 Å². The number of nitrogens with one attached hydrogen (secondary N) is 1. The van der Waals surface area contributed by atoms with Crippen LogP contribution in [0.1, 0.15) is 32.2 Å². The lowest BCUT2D eigenvalue weighted by Gasteiger charge is -2.27. The van der Waals surface area contributed by atoms with E-state index < -0.39 is 23.2 Å². The number of rotatable bonds is 3. The quantitative estimate of drug-likeness (QED) is 0.920. The zero-order valence-corrected chi connectivity index (χ0v) is 14.0. The molecule has 134 valence electrons. The lowest BCUT2D eigenvalue weighted by molar-refractivity contribution is 0.358. The highest BCUT2D eigenvalue weighted by Crippen LogP contribution is 2.44. The van der Waals surface area contributed by atoms with Crippen LogP contribution in [0, 0.1) is 5.82 Å². The third-order valence-corrected chi connectivity index (χ3v) is 5.03. The van der Waals surface area contributed by atoms with Crippen molar-refractivity contribution >= 4 is 16.6 Å². The molecule has 4 rings (SSSR count). The van der Waals surface area contributed by atoms with Gasteiger partial charge in [-0.15, -0.1) is 0 Å². The summed E-state index contributed by atoms with van der Waals surface area (Å²) in [6.07, 6.45) is 0.859. The summed E-state index contributed by atoms with van der Waals surface area (Å²) >= 11 is 0. The molecule has 2 heterocycles. The minimum absolute atomic E-state index is 0.0380. The fraction of sp³-hybridized carbons (Fsp3) is 0.529. The second-order valence-corrected chi connectivity index (χ2v) is 6.83. The Hall–Kier alpha value is -2.38. The number of methoxy groups -OCH3 is 1. The molecule has 25 heavy (non-hydrogen) atoms. The van der Waals surface area contributed by atoms with Crippen molar-refractivity contribution in [3.8, 4) is 5.75 Å². The molecule has 1 saturated heterocycles. The number of hydrogen-bond donors (Lipinski definition) is 1. The lowest BCUT2D eigenvalue weighted by Crippen LogP contribution is -2.32. The number of aromatic nitrogens is 2. The largest absolute Gasteiger partial charge is 0.492 e. The second kappa shape index (κ2) is 5.57. The van der Waals surface area contributed by atoms with Gasteiger partial charge < -0.3 is 9.64 Å². The van der Waals surface area contributed by atoms with Gasteiger partial charge in [0.05, 0.1) is 12.5 Å². The Labute approximate surface area is 142 Å². The molecule has 2 aliphatic rings. The lowest BCUT2D eigenvalue weighted by atomic mass is 10.1. The van der Waals surface area contributed by atoms with Crippen LogP contribution in [0.3, 0.4) is 0 Å². The van der Waals surface area contributed by atoms with Crippen LogP contribution in [0.15, 0.2) is 15.7 Å². The molecule has 6 nitrogen and oxygen atoms in total. The normalized spacial score (nSPS) is 23.4. The van der Waals surface area contributed by atoms with Crippen LogP contribution >= 0.6 is 0 Å². The van der Waals surface area contributed by atoms with Crippen LogP contribution in [-0.2, 0) is 0 Å². The molecule has 1 unspecified atom stereocenters. The van der Waals surface area contributed by atoms with Crippen LogP contribution in [0.4, 0.5) is 14.5 Å². The van der Waals surface area contributed by atoms with E-state index in [1.54, 1.807) is 4.90 Å². The van der Waals surface area contributed by atoms with E-state index in [4.69, 9.17) is 4.74 Å². The van der Waals surface area contributed by atoms with E-state index in [1.165, 1.54) is 11.7 Å². The van der Waals surface area contributed by atoms with Gasteiger partial charge in [-0.25, -0.2) is 13.6 Å². The summed E-state index contributed by atoms with van der Waals surface area (Å²) < 4.78 is 35.6. The fourth-order valence-electron chi connectivity index (χ4n) is 3.76. The third kappa shape index (κ3) is 2.42. The van der Waals surface area contributed by atoms with Crippen molar-refractivity contribution in [2.45, 2.75) is 44.4 Å². The van der Waals surface area contributed by atoms with Gasteiger partial charge in [0.15, 0.2) is 11.6 Å². The van der Waals surface area contributed by atoms with Gasteiger partial charge in [-0.2, -0.15) is 0 Å². The Morgan fingerprint density at radius 2 is 2.04 bits per heavy atom. The van der Waals surface area contributed by atoms with Gasteiger partial charge in [0, 0.05) is 25.0 Å². The molecule has 1 aliphatic carbocycles. The smallest absolute Gasteiger partial charge is 0.329 e. The Morgan fingerprint density at radius 3 is 2.60 bits per heavy atom. The molecular weight excluding hydrogens is 332 g/mol. The van der Waals surface area contributed by atoms with Crippen molar-refractivity contribution in [2.24, 2.45) is 0 Å². The van der Waals surface area contributed by atoms with E-state index in [9.17, 15) is 18.4 Å². The molecule has 1 aromatic carbocycles. The average molecular weight is 351 g/mol. The van der Waals surface area contributed by atoms with E-state index >= 15 is 0 Å². The average Bonchev–Trinajstić information content (AvgIpc) is 3.32. The first kappa shape index (κ1) is 16.1. The first-order valence-electron chi connectivity index (χ1n) is 8.38. The zero-order chi connectivity index (χ0) is 17.9. The SMILES string of the molecule is COc1c(N2C[C@H](F)CC2C)c(F)cc2c(=O)[nH]c(=O)n(C3CC3)c12. The Balaban J connectivity index is 2.08. The zero-order valence-electron chi connectivity index (χ0n) is 14.0. The number of fused-ring (bicyclic) bond motifs is 1. The molecule has 1 saturated carbocycles. The van der Waals surface area contributed by atoms with E-state index in [0.717, 1.165) is 18.9 Å². The number of nitrogens with zero attached hydrogens (tertiary/aromatic N) is 2. The summed E-state index contributed by atoms with van der Waals surface area (Å²) in [4.78, 5) is 28.4. The number of benzene rings is 1. The number of H-pyrrole nitrogens is 1. The molecule has 0 spiro atoms. The van der Waals surface area contributed by atoms with Crippen LogP contribution in [-0.4, -0.2) is 35.4 Å². The first-order valence-corrected chi connectivity index (χ1v) is 8.38. The number of hydrogen-bond acceptors (Lipinski definition) is 4. The third-order valence-electron chi connectivity index (χ3n) is 5.03. The van der Waals surface area contributed by atoms with Crippen molar-refractivity contribution in [1.29, 1.82) is 0 Å². The monoisotopic (exact) mass is 351 g/mol. The van der Waals surface area contributed by atoms with Gasteiger partial charge in [0.1, 0.15) is 17.4 Å². The minimum Gasteiger partial charge on any atom is -0.492 e. The Morgan fingerprint density at radius 1 is 1.32 bits per heavy atom. The van der Waals surface area contributed by atoms with E-state index in [0.29, 0.717) is 6.42 Å². The van der Waals surface area contributed by atoms with Crippen molar-refractivity contribution in [3.63, 3.8) is 0 Å². The summed E-state index contributed by atoms with van der Waals surface area (Å²) in [6, 6.07) is 0.866. The highest BCUT2D eigenvalue weighted by Gasteiger charge is 2.35. The number of halogens is 2. The summed E-state index contributed by atoms with van der Waals surface area (Å²) in [6.45, 7) is 1.87. The molecular formula is C17H19F2N3O3. The van der Waals surface area contributed by atoms with E-state index in [1.807, 2.05) is 6.92 Å². The first-order chi connectivity index (χ1) is 11.9. The summed E-state index contributed by atoms with van der Waals surface area (Å²) in [5.74, 6) is -0.539. The summed E-state index contributed by atoms with van der Waals surface area (Å²) in [5, 5.41) is 0.0632. The van der Waals surface area contributed by atoms with Crippen molar-refractivity contribution in [3.05, 3.63) is 32.7 Å². The standard InChI is InChI=1S/C17H19F2N3O3/c1-8-5-9(18)7-21(8)14-12(19)6-11-13(15(14)25-2)22(10-3-4-10)17(24)20-16(11)23/h6,8-10H,3-5,7H2,1-2H3,(H,20,23,24)/t8?,9-/m1/s1. The van der Waals surface area contributed by atoms with Crippen LogP contribution in [0.25, 0.3) is 10.9 Å². The number of alkyl halides is 1. The molecule has 2 atom stereocenters. The van der Waals surface area contributed by atoms with Crippen LogP contribution < -0.4 is 20.9 Å². The predicted octanol–water partition coefficient (Wildman–Crippen LogP) is 2.11. The molecule has 1 aliphatic heterocycles. The highest BCUT2D eigenvalue weighted by atomic mass is 19.1. The number of ether oxygens (including phenoxy) is 1. The molecule has 2 aromatic rings. The van der Waals surface area contributed by atoms with Crippen molar-refractivity contribution in [2.75, 3.05) is 18.6 Å². The van der Waals surface area contributed by atoms with Crippen molar-refractivity contribution in [1.82, 2.24) is 9.55 Å². The van der Waals surface area contributed by atoms with E-state index in [-0.39, 0.29) is 41.0 Å². The van der Waals surface area contributed by atoms with Gasteiger partial charge in [0.2, 0.25) is 0 Å². The summed E-state index contributed by atoms with van der Waals surface area (Å²) in [5.41, 5.74) is -0.793. The topological polar surface area (TPSA) is 67.3 Å².